The maximum atomic E-state index is 3.40. The summed E-state index contributed by atoms with van der Waals surface area (Å²) in [6.07, 6.45) is 0. The van der Waals surface area contributed by atoms with Gasteiger partial charge in [0.1, 0.15) is 0 Å². The third-order valence-corrected chi connectivity index (χ3v) is 2.78. The van der Waals surface area contributed by atoms with Crippen molar-refractivity contribution in [1.82, 2.24) is 5.32 Å². The lowest BCUT2D eigenvalue weighted by molar-refractivity contribution is 0.515. The Bertz CT molecular complexity index is 271. The lowest BCUT2D eigenvalue weighted by Gasteiger charge is -2.26. The number of anilines is 1. The number of nitrogens with zero attached hydrogens (tertiary/aromatic N) is 1. The molecule has 0 heterocycles. The molecule has 1 unspecified atom stereocenters. The molecule has 1 aromatic rings. The molecule has 2 nitrogen and oxygen atoms in total. The van der Waals surface area contributed by atoms with E-state index in [1.54, 1.807) is 0 Å². The fourth-order valence-electron chi connectivity index (χ4n) is 1.89. The van der Waals surface area contributed by atoms with Gasteiger partial charge < -0.3 is 10.2 Å². The number of rotatable bonds is 7. The highest BCUT2D eigenvalue weighted by atomic mass is 15.1. The molecular formula is C14H24N2. The maximum Gasteiger partial charge on any atom is 0.0366 e. The first-order valence-corrected chi connectivity index (χ1v) is 6.28. The Morgan fingerprint density at radius 3 is 2.44 bits per heavy atom. The van der Waals surface area contributed by atoms with Crippen molar-refractivity contribution < 1.29 is 0 Å². The van der Waals surface area contributed by atoms with E-state index in [1.807, 2.05) is 0 Å². The second-order valence-corrected chi connectivity index (χ2v) is 4.29. The van der Waals surface area contributed by atoms with E-state index in [9.17, 15) is 0 Å². The molecule has 0 aliphatic rings. The monoisotopic (exact) mass is 220 g/mol. The van der Waals surface area contributed by atoms with E-state index >= 15 is 0 Å². The first-order chi connectivity index (χ1) is 7.77. The molecule has 0 bridgehead atoms. The Hall–Kier alpha value is -1.02. The van der Waals surface area contributed by atoms with E-state index in [4.69, 9.17) is 0 Å². The summed E-state index contributed by atoms with van der Waals surface area (Å²) in [6.45, 7) is 11.0. The molecular weight excluding hydrogens is 196 g/mol. The van der Waals surface area contributed by atoms with Gasteiger partial charge in [-0.3, -0.25) is 0 Å². The summed E-state index contributed by atoms with van der Waals surface area (Å²) in [5, 5.41) is 3.40. The molecule has 0 aliphatic heterocycles. The number of para-hydroxylation sites is 1. The number of hydrogen-bond donors (Lipinski definition) is 1. The Morgan fingerprint density at radius 1 is 1.19 bits per heavy atom. The van der Waals surface area contributed by atoms with Crippen molar-refractivity contribution in [3.05, 3.63) is 30.3 Å². The van der Waals surface area contributed by atoms with Crippen LogP contribution in [0.1, 0.15) is 20.8 Å². The molecule has 0 saturated heterocycles. The minimum Gasteiger partial charge on any atom is -0.371 e. The van der Waals surface area contributed by atoms with Gasteiger partial charge in [-0.25, -0.2) is 0 Å². The van der Waals surface area contributed by atoms with E-state index in [1.165, 1.54) is 5.69 Å². The molecule has 90 valence electrons. The zero-order valence-electron chi connectivity index (χ0n) is 10.7. The van der Waals surface area contributed by atoms with Crippen LogP contribution in [0.2, 0.25) is 0 Å². The van der Waals surface area contributed by atoms with Gasteiger partial charge in [0.15, 0.2) is 0 Å². The molecule has 0 amide bonds. The molecule has 2 heteroatoms. The number of benzene rings is 1. The Balaban J connectivity index is 2.49. The average Bonchev–Trinajstić information content (AvgIpc) is 2.34. The number of hydrogen-bond acceptors (Lipinski definition) is 2. The van der Waals surface area contributed by atoms with Crippen molar-refractivity contribution in [1.29, 1.82) is 0 Å². The van der Waals surface area contributed by atoms with Crippen LogP contribution in [0.4, 0.5) is 5.69 Å². The van der Waals surface area contributed by atoms with Crippen LogP contribution in [0.3, 0.4) is 0 Å². The minimum atomic E-state index is 0.681. The van der Waals surface area contributed by atoms with Gasteiger partial charge in [0.25, 0.3) is 0 Å². The van der Waals surface area contributed by atoms with Crippen molar-refractivity contribution in [2.75, 3.05) is 31.1 Å². The van der Waals surface area contributed by atoms with Crippen molar-refractivity contribution in [3.63, 3.8) is 0 Å². The van der Waals surface area contributed by atoms with Gasteiger partial charge in [-0.1, -0.05) is 32.0 Å². The van der Waals surface area contributed by atoms with Crippen molar-refractivity contribution >= 4 is 5.69 Å². The van der Waals surface area contributed by atoms with Crippen LogP contribution in [0, 0.1) is 5.92 Å². The highest BCUT2D eigenvalue weighted by Crippen LogP contribution is 2.14. The summed E-state index contributed by atoms with van der Waals surface area (Å²) in [4.78, 5) is 2.43. The van der Waals surface area contributed by atoms with Crippen LogP contribution in [0.25, 0.3) is 0 Å². The Labute approximate surface area is 99.7 Å². The Kier molecular flexibility index (Phi) is 5.94. The molecule has 0 fully saturated rings. The molecule has 1 aromatic carbocycles. The van der Waals surface area contributed by atoms with Gasteiger partial charge in [0, 0.05) is 18.8 Å². The standard InChI is InChI=1S/C14H24N2/c1-4-15-11-13(3)12-16(5-2)14-9-7-6-8-10-14/h6-10,13,15H,4-5,11-12H2,1-3H3. The summed E-state index contributed by atoms with van der Waals surface area (Å²) in [5.41, 5.74) is 1.33. The summed E-state index contributed by atoms with van der Waals surface area (Å²) in [6, 6.07) is 10.6. The fourth-order valence-corrected chi connectivity index (χ4v) is 1.89. The second kappa shape index (κ2) is 7.29. The normalized spacial score (nSPS) is 12.4. The largest absolute Gasteiger partial charge is 0.371 e. The topological polar surface area (TPSA) is 15.3 Å². The molecule has 1 N–H and O–H groups in total. The van der Waals surface area contributed by atoms with Gasteiger partial charge in [-0.05, 0) is 38.1 Å². The first kappa shape index (κ1) is 13.0. The molecule has 1 atom stereocenters. The zero-order chi connectivity index (χ0) is 11.8. The summed E-state index contributed by atoms with van der Waals surface area (Å²) < 4.78 is 0. The fraction of sp³-hybridized carbons (Fsp3) is 0.571. The van der Waals surface area contributed by atoms with E-state index < -0.39 is 0 Å². The molecule has 0 spiro atoms. The van der Waals surface area contributed by atoms with Crippen molar-refractivity contribution in [2.24, 2.45) is 5.92 Å². The van der Waals surface area contributed by atoms with Crippen LogP contribution < -0.4 is 10.2 Å². The van der Waals surface area contributed by atoms with E-state index in [0.717, 1.165) is 26.2 Å². The predicted octanol–water partition coefficient (Wildman–Crippen LogP) is 2.76. The van der Waals surface area contributed by atoms with Gasteiger partial charge in [0.2, 0.25) is 0 Å². The minimum absolute atomic E-state index is 0.681. The highest BCUT2D eigenvalue weighted by Gasteiger charge is 2.08. The van der Waals surface area contributed by atoms with Crippen LogP contribution in [0.15, 0.2) is 30.3 Å². The van der Waals surface area contributed by atoms with Crippen LogP contribution in [-0.4, -0.2) is 26.2 Å². The van der Waals surface area contributed by atoms with E-state index in [-0.39, 0.29) is 0 Å². The predicted molar refractivity (Wildman–Crippen MR) is 72.0 cm³/mol. The van der Waals surface area contributed by atoms with Gasteiger partial charge >= 0.3 is 0 Å². The highest BCUT2D eigenvalue weighted by molar-refractivity contribution is 5.45. The summed E-state index contributed by atoms with van der Waals surface area (Å²) in [7, 11) is 0. The van der Waals surface area contributed by atoms with Crippen LogP contribution >= 0.6 is 0 Å². The molecule has 1 rings (SSSR count). The second-order valence-electron chi connectivity index (χ2n) is 4.29. The molecule has 0 aliphatic carbocycles. The first-order valence-electron chi connectivity index (χ1n) is 6.28. The van der Waals surface area contributed by atoms with Gasteiger partial charge in [-0.15, -0.1) is 0 Å². The maximum absolute atomic E-state index is 3.40. The molecule has 0 aromatic heterocycles. The smallest absolute Gasteiger partial charge is 0.0366 e. The molecule has 0 radical (unpaired) electrons. The molecule has 16 heavy (non-hydrogen) atoms. The third kappa shape index (κ3) is 4.23. The van der Waals surface area contributed by atoms with Crippen molar-refractivity contribution in [3.8, 4) is 0 Å². The van der Waals surface area contributed by atoms with E-state index in [0.29, 0.717) is 5.92 Å². The SMILES string of the molecule is CCNCC(C)CN(CC)c1ccccc1. The third-order valence-electron chi connectivity index (χ3n) is 2.78. The van der Waals surface area contributed by atoms with Gasteiger partial charge in [0.05, 0.1) is 0 Å². The van der Waals surface area contributed by atoms with Crippen molar-refractivity contribution in [2.45, 2.75) is 20.8 Å². The van der Waals surface area contributed by atoms with Crippen LogP contribution in [-0.2, 0) is 0 Å². The average molecular weight is 220 g/mol. The lowest BCUT2D eigenvalue weighted by atomic mass is 10.1. The summed E-state index contributed by atoms with van der Waals surface area (Å²) in [5.74, 6) is 0.681. The van der Waals surface area contributed by atoms with Gasteiger partial charge in [-0.2, -0.15) is 0 Å². The zero-order valence-corrected chi connectivity index (χ0v) is 10.7. The van der Waals surface area contributed by atoms with Crippen LogP contribution in [0.5, 0.6) is 0 Å². The quantitative estimate of drug-likeness (QED) is 0.760. The Morgan fingerprint density at radius 2 is 1.88 bits per heavy atom. The van der Waals surface area contributed by atoms with E-state index in [2.05, 4.69) is 61.3 Å². The molecule has 0 saturated carbocycles. The lowest BCUT2D eigenvalue weighted by Crippen LogP contribution is -2.33. The number of nitrogens with one attached hydrogen (secondary N) is 1. The summed E-state index contributed by atoms with van der Waals surface area (Å²) >= 11 is 0.